The van der Waals surface area contributed by atoms with Crippen LogP contribution in [-0.2, 0) is 10.0 Å². The van der Waals surface area contributed by atoms with Gasteiger partial charge in [-0.15, -0.1) is 0 Å². The van der Waals surface area contributed by atoms with Crippen molar-refractivity contribution in [3.05, 3.63) is 41.9 Å². The van der Waals surface area contributed by atoms with Crippen LogP contribution in [0.4, 0.5) is 8.78 Å². The van der Waals surface area contributed by atoms with Gasteiger partial charge in [0.2, 0.25) is 10.0 Å². The molecule has 1 aromatic carbocycles. The van der Waals surface area contributed by atoms with E-state index in [2.05, 4.69) is 14.9 Å². The summed E-state index contributed by atoms with van der Waals surface area (Å²) < 4.78 is 60.1. The topological polar surface area (TPSA) is 85.1 Å². The molecule has 2 aromatic heterocycles. The first-order valence-corrected chi connectivity index (χ1v) is 10.4. The Balaban J connectivity index is 1.77. The monoisotopic (exact) mass is 407 g/mol. The van der Waals surface area contributed by atoms with Gasteiger partial charge in [-0.1, -0.05) is 5.16 Å². The Hall–Kier alpha value is -2.39. The minimum atomic E-state index is -3.97. The van der Waals surface area contributed by atoms with E-state index in [1.54, 1.807) is 38.2 Å². The molecule has 0 saturated heterocycles. The quantitative estimate of drug-likeness (QED) is 0.700. The highest BCUT2D eigenvalue weighted by atomic mass is 32.2. The molecule has 1 fully saturated rings. The summed E-state index contributed by atoms with van der Waals surface area (Å²) in [5, 5.41) is 4.36. The van der Waals surface area contributed by atoms with Gasteiger partial charge in [-0.25, -0.2) is 21.9 Å². The summed E-state index contributed by atoms with van der Waals surface area (Å²) >= 11 is 0. The Kier molecular flexibility index (Phi) is 4.67. The molecule has 9 heteroatoms. The van der Waals surface area contributed by atoms with Crippen LogP contribution in [0.3, 0.4) is 0 Å². The molecule has 0 radical (unpaired) electrons. The van der Waals surface area contributed by atoms with Crippen molar-refractivity contribution in [3.8, 4) is 11.1 Å². The van der Waals surface area contributed by atoms with E-state index in [4.69, 9.17) is 4.52 Å². The smallest absolute Gasteiger partial charge is 0.241 e. The van der Waals surface area contributed by atoms with E-state index >= 15 is 0 Å². The molecule has 0 amide bonds. The third-order valence-corrected chi connectivity index (χ3v) is 6.62. The fourth-order valence-electron chi connectivity index (χ4n) is 3.55. The molecular weight excluding hydrogens is 388 g/mol. The fraction of sp³-hybridized carbons (Fsp3) is 0.368. The first-order chi connectivity index (χ1) is 13.3. The Morgan fingerprint density at radius 3 is 2.71 bits per heavy atom. The lowest BCUT2D eigenvalue weighted by atomic mass is 9.81. The van der Waals surface area contributed by atoms with Crippen LogP contribution in [0.25, 0.3) is 22.0 Å². The largest absolute Gasteiger partial charge is 0.361 e. The summed E-state index contributed by atoms with van der Waals surface area (Å²) in [6, 6.07) is 6.61. The van der Waals surface area contributed by atoms with Crippen LogP contribution in [0.15, 0.2) is 39.9 Å². The van der Waals surface area contributed by atoms with Crippen molar-refractivity contribution < 1.29 is 21.7 Å². The van der Waals surface area contributed by atoms with Crippen molar-refractivity contribution in [2.45, 2.75) is 37.5 Å². The molecule has 3 atom stereocenters. The zero-order valence-corrected chi connectivity index (χ0v) is 16.1. The van der Waals surface area contributed by atoms with Crippen LogP contribution in [0.2, 0.25) is 0 Å². The highest BCUT2D eigenvalue weighted by molar-refractivity contribution is 7.89. The fourth-order valence-corrected chi connectivity index (χ4v) is 4.88. The van der Waals surface area contributed by atoms with Crippen LogP contribution < -0.4 is 4.72 Å². The number of sulfonamides is 1. The summed E-state index contributed by atoms with van der Waals surface area (Å²) in [6.07, 6.45) is -1.55. The van der Waals surface area contributed by atoms with Gasteiger partial charge in [-0.2, -0.15) is 0 Å². The molecule has 0 spiro atoms. The molecule has 0 aliphatic heterocycles. The summed E-state index contributed by atoms with van der Waals surface area (Å²) in [6.45, 7) is 3.36. The molecule has 1 aliphatic rings. The van der Waals surface area contributed by atoms with E-state index in [9.17, 15) is 17.2 Å². The lowest BCUT2D eigenvalue weighted by Gasteiger charge is -2.34. The van der Waals surface area contributed by atoms with Crippen LogP contribution >= 0.6 is 0 Å². The number of aryl methyl sites for hydroxylation is 2. The van der Waals surface area contributed by atoms with Gasteiger partial charge < -0.3 is 4.52 Å². The highest BCUT2D eigenvalue weighted by Crippen LogP contribution is 2.35. The average Bonchev–Trinajstić information content (AvgIpc) is 3.02. The number of halogens is 2. The molecule has 148 valence electrons. The van der Waals surface area contributed by atoms with E-state index in [0.717, 1.165) is 0 Å². The Morgan fingerprint density at radius 1 is 1.29 bits per heavy atom. The molecule has 0 bridgehead atoms. The van der Waals surface area contributed by atoms with Gasteiger partial charge in [0, 0.05) is 29.6 Å². The second kappa shape index (κ2) is 6.89. The predicted molar refractivity (Wildman–Crippen MR) is 99.8 cm³/mol. The number of hydrogen-bond acceptors (Lipinski definition) is 5. The number of alkyl halides is 2. The van der Waals surface area contributed by atoms with Gasteiger partial charge in [0.15, 0.2) is 0 Å². The summed E-state index contributed by atoms with van der Waals surface area (Å²) in [7, 11) is -3.97. The third kappa shape index (κ3) is 3.18. The molecule has 1 N–H and O–H groups in total. The summed E-state index contributed by atoms with van der Waals surface area (Å²) in [5.74, 6) is -0.0901. The molecule has 6 nitrogen and oxygen atoms in total. The van der Waals surface area contributed by atoms with E-state index in [-0.39, 0.29) is 17.9 Å². The van der Waals surface area contributed by atoms with Crippen LogP contribution in [0, 0.1) is 19.8 Å². The summed E-state index contributed by atoms with van der Waals surface area (Å²) in [4.78, 5) is 4.30. The predicted octanol–water partition coefficient (Wildman–Crippen LogP) is 3.48. The first-order valence-electron chi connectivity index (χ1n) is 8.88. The minimum Gasteiger partial charge on any atom is -0.361 e. The number of nitrogens with one attached hydrogen (secondary N) is 1. The normalized spacial score (nSPS) is 22.4. The van der Waals surface area contributed by atoms with Gasteiger partial charge in [0.25, 0.3) is 0 Å². The van der Waals surface area contributed by atoms with E-state index in [0.29, 0.717) is 33.5 Å². The number of aromatic nitrogens is 2. The van der Waals surface area contributed by atoms with Gasteiger partial charge in [0.05, 0.1) is 16.1 Å². The van der Waals surface area contributed by atoms with Crippen molar-refractivity contribution in [1.82, 2.24) is 14.9 Å². The van der Waals surface area contributed by atoms with Crippen LogP contribution in [-0.4, -0.2) is 37.4 Å². The maximum atomic E-state index is 13.5. The number of pyridine rings is 1. The SMILES string of the molecule is Cc1noc(C)c1-c1cc(S(=O)(=O)NCC2CC(F)C2F)c2cccnc2c1. The van der Waals surface area contributed by atoms with Crippen molar-refractivity contribution in [2.75, 3.05) is 6.54 Å². The second-order valence-electron chi connectivity index (χ2n) is 7.05. The number of nitrogens with zero attached hydrogens (tertiary/aromatic N) is 2. The first kappa shape index (κ1) is 18.9. The number of benzene rings is 1. The zero-order chi connectivity index (χ0) is 20.1. The van der Waals surface area contributed by atoms with E-state index < -0.39 is 28.3 Å². The molecule has 2 heterocycles. The van der Waals surface area contributed by atoms with Crippen LogP contribution in [0.1, 0.15) is 17.9 Å². The second-order valence-corrected chi connectivity index (χ2v) is 8.79. The van der Waals surface area contributed by atoms with Crippen LogP contribution in [0.5, 0.6) is 0 Å². The molecule has 1 saturated carbocycles. The maximum absolute atomic E-state index is 13.5. The molecule has 3 aromatic rings. The number of rotatable bonds is 5. The van der Waals surface area contributed by atoms with Gasteiger partial charge in [-0.05, 0) is 50.1 Å². The Morgan fingerprint density at radius 2 is 2.07 bits per heavy atom. The molecule has 4 rings (SSSR count). The van der Waals surface area contributed by atoms with Crippen molar-refractivity contribution in [3.63, 3.8) is 0 Å². The number of fused-ring (bicyclic) bond motifs is 1. The standard InChI is InChI=1S/C19H19F2N3O3S/c1-10-18(11(2)27-24-10)12-7-16-14(4-3-5-22-16)17(8-12)28(25,26)23-9-13-6-15(20)19(13)21/h3-5,7-8,13,15,19,23H,6,9H2,1-2H3. The molecular formula is C19H19F2N3O3S. The minimum absolute atomic E-state index is 0.0190. The maximum Gasteiger partial charge on any atom is 0.241 e. The Bertz CT molecular complexity index is 1130. The van der Waals surface area contributed by atoms with Crippen molar-refractivity contribution in [1.29, 1.82) is 0 Å². The number of hydrogen-bond donors (Lipinski definition) is 1. The molecule has 28 heavy (non-hydrogen) atoms. The lowest BCUT2D eigenvalue weighted by molar-refractivity contribution is 0.00534. The Labute approximate surface area is 161 Å². The van der Waals surface area contributed by atoms with Crippen molar-refractivity contribution in [2.24, 2.45) is 5.92 Å². The third-order valence-electron chi connectivity index (χ3n) is 5.15. The van der Waals surface area contributed by atoms with Crippen molar-refractivity contribution >= 4 is 20.9 Å². The van der Waals surface area contributed by atoms with E-state index in [1.807, 2.05) is 0 Å². The molecule has 1 aliphatic carbocycles. The molecule has 3 unspecified atom stereocenters. The van der Waals surface area contributed by atoms with Gasteiger partial charge in [0.1, 0.15) is 18.1 Å². The average molecular weight is 407 g/mol. The zero-order valence-electron chi connectivity index (χ0n) is 15.3. The van der Waals surface area contributed by atoms with E-state index in [1.165, 1.54) is 6.07 Å². The highest BCUT2D eigenvalue weighted by Gasteiger charge is 2.42. The summed E-state index contributed by atoms with van der Waals surface area (Å²) in [5.41, 5.74) is 2.44. The van der Waals surface area contributed by atoms with Gasteiger partial charge in [-0.3, -0.25) is 4.98 Å². The lowest BCUT2D eigenvalue weighted by Crippen LogP contribution is -2.46. The van der Waals surface area contributed by atoms with Gasteiger partial charge >= 0.3 is 0 Å².